The second kappa shape index (κ2) is 9.33. The zero-order valence-corrected chi connectivity index (χ0v) is 17.2. The Morgan fingerprint density at radius 2 is 1.76 bits per heavy atom. The fraction of sp³-hybridized carbons (Fsp3) is 0.136. The van der Waals surface area contributed by atoms with Crippen molar-refractivity contribution in [3.63, 3.8) is 0 Å². The number of alkyl halides is 5. The number of halogens is 5. The second-order valence-corrected chi connectivity index (χ2v) is 7.16. The lowest BCUT2D eigenvalue weighted by Crippen LogP contribution is -2.20. The Hall–Kier alpha value is -4.22. The molecule has 176 valence electrons. The SMILES string of the molecule is O=C(Nc1ccc(Oc2ccnc3[nH]ncc23)cc1)Nc1cc(CC(F)F)cc(C(F)(F)F)c1. The number of nitrogens with zero attached hydrogens (tertiary/aromatic N) is 2. The van der Waals surface area contributed by atoms with E-state index in [0.717, 1.165) is 6.07 Å². The number of carbonyl (C=O) groups excluding carboxylic acids is 1. The van der Waals surface area contributed by atoms with Crippen molar-refractivity contribution >= 4 is 28.4 Å². The second-order valence-electron chi connectivity index (χ2n) is 7.16. The van der Waals surface area contributed by atoms with Crippen molar-refractivity contribution in [1.82, 2.24) is 15.2 Å². The molecular weight excluding hydrogens is 461 g/mol. The maximum absolute atomic E-state index is 13.1. The van der Waals surface area contributed by atoms with Crippen LogP contribution in [-0.2, 0) is 12.6 Å². The van der Waals surface area contributed by atoms with Gasteiger partial charge in [0, 0.05) is 24.0 Å². The molecular formula is C22H16F5N5O2. The Morgan fingerprint density at radius 3 is 2.47 bits per heavy atom. The molecule has 4 rings (SSSR count). The van der Waals surface area contributed by atoms with Gasteiger partial charge in [-0.2, -0.15) is 18.3 Å². The summed E-state index contributed by atoms with van der Waals surface area (Å²) in [6.07, 6.45) is -5.33. The summed E-state index contributed by atoms with van der Waals surface area (Å²) in [5.74, 6) is 0.968. The van der Waals surface area contributed by atoms with Gasteiger partial charge < -0.3 is 15.4 Å². The lowest BCUT2D eigenvalue weighted by atomic mass is 10.1. The summed E-state index contributed by atoms with van der Waals surface area (Å²) in [5, 5.41) is 12.0. The third-order valence-corrected chi connectivity index (χ3v) is 4.62. The van der Waals surface area contributed by atoms with Gasteiger partial charge in [0.1, 0.15) is 11.5 Å². The van der Waals surface area contributed by atoms with Crippen LogP contribution in [0.1, 0.15) is 11.1 Å². The van der Waals surface area contributed by atoms with E-state index in [-0.39, 0.29) is 11.3 Å². The molecule has 12 heteroatoms. The molecule has 0 fully saturated rings. The molecule has 0 radical (unpaired) electrons. The molecule has 0 spiro atoms. The number of amides is 2. The molecule has 0 aliphatic rings. The predicted octanol–water partition coefficient (Wildman–Crippen LogP) is 6.22. The third-order valence-electron chi connectivity index (χ3n) is 4.62. The molecule has 2 aromatic heterocycles. The van der Waals surface area contributed by atoms with Crippen LogP contribution in [-0.4, -0.2) is 27.6 Å². The van der Waals surface area contributed by atoms with E-state index in [9.17, 15) is 26.7 Å². The predicted molar refractivity (Wildman–Crippen MR) is 114 cm³/mol. The summed E-state index contributed by atoms with van der Waals surface area (Å²) in [6.45, 7) is 0. The van der Waals surface area contributed by atoms with Crippen LogP contribution in [0.4, 0.5) is 38.1 Å². The first kappa shape index (κ1) is 23.0. The molecule has 0 unspecified atom stereocenters. The number of rotatable bonds is 6. The number of H-pyrrole nitrogens is 1. The summed E-state index contributed by atoms with van der Waals surface area (Å²) in [4.78, 5) is 16.4. The number of aromatic nitrogens is 3. The van der Waals surface area contributed by atoms with Crippen molar-refractivity contribution in [2.24, 2.45) is 0 Å². The highest BCUT2D eigenvalue weighted by atomic mass is 19.4. The van der Waals surface area contributed by atoms with Crippen LogP contribution in [0.3, 0.4) is 0 Å². The van der Waals surface area contributed by atoms with Crippen molar-refractivity contribution < 1.29 is 31.5 Å². The van der Waals surface area contributed by atoms with Gasteiger partial charge in [-0.25, -0.2) is 18.6 Å². The van der Waals surface area contributed by atoms with E-state index < -0.39 is 30.6 Å². The fourth-order valence-corrected chi connectivity index (χ4v) is 3.17. The smallest absolute Gasteiger partial charge is 0.416 e. The number of carbonyl (C=O) groups is 1. The Kier molecular flexibility index (Phi) is 6.30. The van der Waals surface area contributed by atoms with E-state index in [1.165, 1.54) is 12.1 Å². The molecule has 0 aliphatic heterocycles. The number of hydrogen-bond acceptors (Lipinski definition) is 4. The molecule has 0 saturated carbocycles. The fourth-order valence-electron chi connectivity index (χ4n) is 3.17. The molecule has 2 aromatic carbocycles. The average Bonchev–Trinajstić information content (AvgIpc) is 3.24. The van der Waals surface area contributed by atoms with Crippen molar-refractivity contribution in [2.75, 3.05) is 10.6 Å². The lowest BCUT2D eigenvalue weighted by molar-refractivity contribution is -0.137. The zero-order chi connectivity index (χ0) is 24.3. The molecule has 2 heterocycles. The van der Waals surface area contributed by atoms with Gasteiger partial charge in [0.15, 0.2) is 5.65 Å². The quantitative estimate of drug-likeness (QED) is 0.288. The van der Waals surface area contributed by atoms with Crippen LogP contribution in [0.15, 0.2) is 60.9 Å². The minimum absolute atomic E-state index is 0.246. The monoisotopic (exact) mass is 477 g/mol. The van der Waals surface area contributed by atoms with Crippen LogP contribution >= 0.6 is 0 Å². The van der Waals surface area contributed by atoms with Crippen molar-refractivity contribution in [3.8, 4) is 11.5 Å². The van der Waals surface area contributed by atoms with Gasteiger partial charge in [-0.1, -0.05) is 0 Å². The number of urea groups is 1. The number of pyridine rings is 1. The van der Waals surface area contributed by atoms with Crippen LogP contribution in [0.5, 0.6) is 11.5 Å². The number of ether oxygens (including phenoxy) is 1. The minimum Gasteiger partial charge on any atom is -0.456 e. The molecule has 3 N–H and O–H groups in total. The van der Waals surface area contributed by atoms with Gasteiger partial charge in [-0.15, -0.1) is 0 Å². The van der Waals surface area contributed by atoms with Crippen LogP contribution in [0.25, 0.3) is 11.0 Å². The topological polar surface area (TPSA) is 91.9 Å². The first-order chi connectivity index (χ1) is 16.2. The molecule has 4 aromatic rings. The average molecular weight is 477 g/mol. The largest absolute Gasteiger partial charge is 0.456 e. The third kappa shape index (κ3) is 5.57. The maximum atomic E-state index is 13.1. The van der Waals surface area contributed by atoms with Crippen LogP contribution in [0, 0.1) is 0 Å². The molecule has 0 saturated heterocycles. The number of anilines is 2. The van der Waals surface area contributed by atoms with E-state index in [0.29, 0.717) is 40.4 Å². The molecule has 0 atom stereocenters. The van der Waals surface area contributed by atoms with Gasteiger partial charge >= 0.3 is 12.2 Å². The van der Waals surface area contributed by atoms with Gasteiger partial charge in [0.25, 0.3) is 0 Å². The number of aromatic amines is 1. The summed E-state index contributed by atoms with van der Waals surface area (Å²) in [5.41, 5.74) is -0.758. The summed E-state index contributed by atoms with van der Waals surface area (Å²) in [6, 6.07) is 9.40. The van der Waals surface area contributed by atoms with E-state index in [4.69, 9.17) is 4.74 Å². The number of hydrogen-bond donors (Lipinski definition) is 3. The summed E-state index contributed by atoms with van der Waals surface area (Å²) >= 11 is 0. The van der Waals surface area contributed by atoms with Gasteiger partial charge in [-0.3, -0.25) is 5.10 Å². The van der Waals surface area contributed by atoms with Gasteiger partial charge in [0.2, 0.25) is 6.43 Å². The Labute approximate surface area is 189 Å². The molecule has 2 amide bonds. The number of benzene rings is 2. The van der Waals surface area contributed by atoms with E-state index in [1.807, 2.05) is 0 Å². The number of nitrogens with one attached hydrogen (secondary N) is 3. The Morgan fingerprint density at radius 1 is 1.03 bits per heavy atom. The molecule has 0 bridgehead atoms. The Balaban J connectivity index is 1.43. The van der Waals surface area contributed by atoms with Crippen LogP contribution in [0.2, 0.25) is 0 Å². The summed E-state index contributed by atoms with van der Waals surface area (Å²) < 4.78 is 70.4. The van der Waals surface area contributed by atoms with E-state index in [1.54, 1.807) is 30.6 Å². The lowest BCUT2D eigenvalue weighted by Gasteiger charge is -2.14. The zero-order valence-electron chi connectivity index (χ0n) is 17.2. The van der Waals surface area contributed by atoms with Crippen molar-refractivity contribution in [1.29, 1.82) is 0 Å². The summed E-state index contributed by atoms with van der Waals surface area (Å²) in [7, 11) is 0. The normalized spacial score (nSPS) is 11.6. The van der Waals surface area contributed by atoms with E-state index in [2.05, 4.69) is 25.8 Å². The molecule has 34 heavy (non-hydrogen) atoms. The minimum atomic E-state index is -4.75. The molecule has 7 nitrogen and oxygen atoms in total. The maximum Gasteiger partial charge on any atom is 0.416 e. The first-order valence-corrected chi connectivity index (χ1v) is 9.81. The van der Waals surface area contributed by atoms with Crippen molar-refractivity contribution in [3.05, 3.63) is 72.1 Å². The standard InChI is InChI=1S/C22H16F5N5O2/c23-19(24)9-12-7-13(22(25,26)27)10-15(8-12)31-21(33)30-14-1-3-16(4-2-14)34-18-5-6-28-20-17(18)11-29-32-20/h1-8,10-11,19H,9H2,(H,28,29,32)(H2,30,31,33). The Bertz CT molecular complexity index is 1310. The first-order valence-electron chi connectivity index (χ1n) is 9.81. The van der Waals surface area contributed by atoms with Gasteiger partial charge in [0.05, 0.1) is 17.1 Å². The highest BCUT2D eigenvalue weighted by molar-refractivity contribution is 5.99. The van der Waals surface area contributed by atoms with Gasteiger partial charge in [-0.05, 0) is 54.1 Å². The highest BCUT2D eigenvalue weighted by Crippen LogP contribution is 2.33. The highest BCUT2D eigenvalue weighted by Gasteiger charge is 2.31. The molecule has 0 aliphatic carbocycles. The van der Waals surface area contributed by atoms with Crippen molar-refractivity contribution in [2.45, 2.75) is 19.0 Å². The van der Waals surface area contributed by atoms with E-state index >= 15 is 0 Å². The number of fused-ring (bicyclic) bond motifs is 1. The van der Waals surface area contributed by atoms with Crippen LogP contribution < -0.4 is 15.4 Å².